The molecular weight excluding hydrogens is 334 g/mol. The molecule has 1 aliphatic carbocycles. The van der Waals surface area contributed by atoms with Crippen molar-refractivity contribution in [1.82, 2.24) is 4.90 Å². The molecule has 2 nitrogen and oxygen atoms in total. The molecule has 132 valence electrons. The van der Waals surface area contributed by atoms with E-state index in [-0.39, 0.29) is 17.5 Å². The third-order valence-corrected chi connectivity index (χ3v) is 4.36. The number of rotatable bonds is 4. The van der Waals surface area contributed by atoms with Gasteiger partial charge in [-0.15, -0.1) is 0 Å². The fourth-order valence-electron chi connectivity index (χ4n) is 2.92. The lowest BCUT2D eigenvalue weighted by Gasteiger charge is -2.30. The van der Waals surface area contributed by atoms with Gasteiger partial charge in [0.2, 0.25) is 0 Å². The number of carbonyl (C=O) groups is 1. The van der Waals surface area contributed by atoms with Gasteiger partial charge in [0.05, 0.1) is 11.6 Å². The lowest BCUT2D eigenvalue weighted by Crippen LogP contribution is -2.35. The predicted molar refractivity (Wildman–Crippen MR) is 85.5 cm³/mol. The topological polar surface area (TPSA) is 20.3 Å². The van der Waals surface area contributed by atoms with E-state index >= 15 is 0 Å². The van der Waals surface area contributed by atoms with Crippen LogP contribution in [-0.4, -0.2) is 16.8 Å². The number of alkyl halides is 3. The van der Waals surface area contributed by atoms with Crippen LogP contribution in [0.3, 0.4) is 0 Å². The molecule has 0 heterocycles. The van der Waals surface area contributed by atoms with E-state index in [1.54, 1.807) is 17.9 Å². The molecule has 25 heavy (non-hydrogen) atoms. The summed E-state index contributed by atoms with van der Waals surface area (Å²) in [5.41, 5.74) is -0.136. The molecule has 0 unspecified atom stereocenters. The highest BCUT2D eigenvalue weighted by atomic mass is 19.4. The van der Waals surface area contributed by atoms with E-state index in [0.29, 0.717) is 5.56 Å². The third kappa shape index (κ3) is 3.83. The average molecular weight is 351 g/mol. The minimum atomic E-state index is -4.44. The molecule has 3 rings (SSSR count). The molecule has 0 spiro atoms. The van der Waals surface area contributed by atoms with Gasteiger partial charge in [-0.1, -0.05) is 18.2 Å². The van der Waals surface area contributed by atoms with Crippen molar-refractivity contribution < 1.29 is 22.4 Å². The predicted octanol–water partition coefficient (Wildman–Crippen LogP) is 5.21. The van der Waals surface area contributed by atoms with E-state index < -0.39 is 23.6 Å². The van der Waals surface area contributed by atoms with E-state index in [0.717, 1.165) is 31.0 Å². The van der Waals surface area contributed by atoms with Gasteiger partial charge in [-0.25, -0.2) is 4.39 Å². The van der Waals surface area contributed by atoms with Crippen molar-refractivity contribution >= 4 is 5.91 Å². The summed E-state index contributed by atoms with van der Waals surface area (Å²) in [7, 11) is 0. The van der Waals surface area contributed by atoms with Crippen LogP contribution in [-0.2, 0) is 6.18 Å². The summed E-state index contributed by atoms with van der Waals surface area (Å²) in [6.07, 6.45) is -2.85. The SMILES string of the molecule is C[C@H](c1cccc(C(F)(F)F)c1)N(C(=O)c1cccc(F)c1)C1CC1. The van der Waals surface area contributed by atoms with Crippen LogP contribution in [0.25, 0.3) is 0 Å². The van der Waals surface area contributed by atoms with Gasteiger partial charge in [0.1, 0.15) is 5.82 Å². The number of carbonyl (C=O) groups excluding carboxylic acids is 1. The second-order valence-corrected chi connectivity index (χ2v) is 6.25. The van der Waals surface area contributed by atoms with Gasteiger partial charge < -0.3 is 4.90 Å². The zero-order valence-electron chi connectivity index (χ0n) is 13.6. The lowest BCUT2D eigenvalue weighted by atomic mass is 10.0. The van der Waals surface area contributed by atoms with Crippen LogP contribution in [0.5, 0.6) is 0 Å². The van der Waals surface area contributed by atoms with Gasteiger partial charge in [0.15, 0.2) is 0 Å². The van der Waals surface area contributed by atoms with E-state index in [4.69, 9.17) is 0 Å². The first-order chi connectivity index (χ1) is 11.8. The Morgan fingerprint density at radius 2 is 1.80 bits per heavy atom. The molecule has 0 bridgehead atoms. The molecule has 1 amide bonds. The van der Waals surface area contributed by atoms with Gasteiger partial charge in [0.25, 0.3) is 5.91 Å². The van der Waals surface area contributed by atoms with Crippen molar-refractivity contribution in [2.24, 2.45) is 0 Å². The van der Waals surface area contributed by atoms with Crippen molar-refractivity contribution in [3.05, 3.63) is 71.0 Å². The third-order valence-electron chi connectivity index (χ3n) is 4.36. The Morgan fingerprint density at radius 3 is 2.40 bits per heavy atom. The van der Waals surface area contributed by atoms with Crippen LogP contribution in [0, 0.1) is 5.82 Å². The highest BCUT2D eigenvalue weighted by Gasteiger charge is 2.37. The van der Waals surface area contributed by atoms with Crippen LogP contribution >= 0.6 is 0 Å². The number of benzene rings is 2. The second kappa shape index (κ2) is 6.50. The van der Waals surface area contributed by atoms with Gasteiger partial charge in [-0.2, -0.15) is 13.2 Å². The summed E-state index contributed by atoms with van der Waals surface area (Å²) in [4.78, 5) is 14.4. The Bertz CT molecular complexity index is 783. The van der Waals surface area contributed by atoms with Gasteiger partial charge in [-0.3, -0.25) is 4.79 Å². The molecule has 0 aromatic heterocycles. The summed E-state index contributed by atoms with van der Waals surface area (Å²) in [5.74, 6) is -0.889. The van der Waals surface area contributed by atoms with Crippen LogP contribution < -0.4 is 0 Å². The highest BCUT2D eigenvalue weighted by molar-refractivity contribution is 5.95. The van der Waals surface area contributed by atoms with E-state index in [2.05, 4.69) is 0 Å². The molecule has 0 aliphatic heterocycles. The molecule has 1 saturated carbocycles. The van der Waals surface area contributed by atoms with Crippen molar-refractivity contribution in [2.45, 2.75) is 38.0 Å². The minimum Gasteiger partial charge on any atom is -0.329 e. The first kappa shape index (κ1) is 17.5. The largest absolute Gasteiger partial charge is 0.416 e. The lowest BCUT2D eigenvalue weighted by molar-refractivity contribution is -0.137. The second-order valence-electron chi connectivity index (χ2n) is 6.25. The summed E-state index contributed by atoms with van der Waals surface area (Å²) in [6, 6.07) is 9.78. The Morgan fingerprint density at radius 1 is 1.12 bits per heavy atom. The minimum absolute atomic E-state index is 0.0275. The zero-order valence-corrected chi connectivity index (χ0v) is 13.6. The normalized spacial score (nSPS) is 15.7. The number of nitrogens with zero attached hydrogens (tertiary/aromatic N) is 1. The quantitative estimate of drug-likeness (QED) is 0.693. The first-order valence-electron chi connectivity index (χ1n) is 8.03. The van der Waals surface area contributed by atoms with Crippen LogP contribution in [0.15, 0.2) is 48.5 Å². The van der Waals surface area contributed by atoms with E-state index in [9.17, 15) is 22.4 Å². The van der Waals surface area contributed by atoms with Crippen LogP contribution in [0.2, 0.25) is 0 Å². The van der Waals surface area contributed by atoms with E-state index in [1.165, 1.54) is 24.3 Å². The molecular formula is C19H17F4NO. The van der Waals surface area contributed by atoms with Crippen molar-refractivity contribution in [1.29, 1.82) is 0 Å². The number of amides is 1. The van der Waals surface area contributed by atoms with Crippen LogP contribution in [0.4, 0.5) is 17.6 Å². The van der Waals surface area contributed by atoms with Crippen LogP contribution in [0.1, 0.15) is 47.3 Å². The molecule has 0 N–H and O–H groups in total. The standard InChI is InChI=1S/C19H17F4NO/c1-12(13-4-2-6-15(10-13)19(21,22)23)24(17-8-9-17)18(25)14-5-3-7-16(20)11-14/h2-7,10-12,17H,8-9H2,1H3/t12-/m1/s1. The molecule has 6 heteroatoms. The fraction of sp³-hybridized carbons (Fsp3) is 0.316. The maximum Gasteiger partial charge on any atom is 0.416 e. The summed E-state index contributed by atoms with van der Waals surface area (Å²) in [6.45, 7) is 1.70. The number of hydrogen-bond acceptors (Lipinski definition) is 1. The van der Waals surface area contributed by atoms with Gasteiger partial charge in [0, 0.05) is 11.6 Å². The molecule has 1 aliphatic rings. The Kier molecular flexibility index (Phi) is 4.54. The average Bonchev–Trinajstić information content (AvgIpc) is 3.39. The van der Waals surface area contributed by atoms with Gasteiger partial charge >= 0.3 is 6.18 Å². The van der Waals surface area contributed by atoms with Gasteiger partial charge in [-0.05, 0) is 55.7 Å². The Hall–Kier alpha value is -2.37. The molecule has 0 radical (unpaired) electrons. The summed E-state index contributed by atoms with van der Waals surface area (Å²) < 4.78 is 52.3. The smallest absolute Gasteiger partial charge is 0.329 e. The molecule has 2 aromatic rings. The molecule has 2 aromatic carbocycles. The highest BCUT2D eigenvalue weighted by Crippen LogP contribution is 2.37. The Labute approximate surface area is 143 Å². The fourth-order valence-corrected chi connectivity index (χ4v) is 2.92. The molecule has 0 saturated heterocycles. The maximum atomic E-state index is 13.4. The monoisotopic (exact) mass is 351 g/mol. The summed E-state index contributed by atoms with van der Waals surface area (Å²) >= 11 is 0. The van der Waals surface area contributed by atoms with E-state index in [1.807, 2.05) is 0 Å². The Balaban J connectivity index is 1.92. The maximum absolute atomic E-state index is 13.4. The number of hydrogen-bond donors (Lipinski definition) is 0. The summed E-state index contributed by atoms with van der Waals surface area (Å²) in [5, 5.41) is 0. The van der Waals surface area contributed by atoms with Crippen molar-refractivity contribution in [2.75, 3.05) is 0 Å². The molecule has 1 atom stereocenters. The first-order valence-corrected chi connectivity index (χ1v) is 8.03. The number of halogens is 4. The van der Waals surface area contributed by atoms with Crippen molar-refractivity contribution in [3.8, 4) is 0 Å². The van der Waals surface area contributed by atoms with Crippen molar-refractivity contribution in [3.63, 3.8) is 0 Å². The molecule has 1 fully saturated rings. The zero-order chi connectivity index (χ0) is 18.2.